The van der Waals surface area contributed by atoms with Crippen molar-refractivity contribution in [1.29, 1.82) is 10.7 Å². The number of hydrogen-bond donors (Lipinski definition) is 4. The minimum atomic E-state index is -0.393. The Hall–Kier alpha value is -2.92. The lowest BCUT2D eigenvalue weighted by molar-refractivity contribution is -0.123. The molecule has 2 aliphatic rings. The van der Waals surface area contributed by atoms with Crippen molar-refractivity contribution < 1.29 is 14.7 Å². The van der Waals surface area contributed by atoms with Crippen LogP contribution in [0.3, 0.4) is 0 Å². The zero-order valence-corrected chi connectivity index (χ0v) is 14.6. The Bertz CT molecular complexity index is 729. The molecule has 1 aromatic carbocycles. The summed E-state index contributed by atoms with van der Waals surface area (Å²) < 4.78 is 0. The summed E-state index contributed by atoms with van der Waals surface area (Å²) in [6.45, 7) is -0.250. The SMILES string of the molecule is CN1C2CCC1CC(NC(=O)C(=N)c1ccc(C#N)cc1N)C2.O=CO. The molecule has 2 unspecified atom stereocenters. The Morgan fingerprint density at radius 1 is 1.42 bits per heavy atom. The van der Waals surface area contributed by atoms with Crippen molar-refractivity contribution in [3.05, 3.63) is 29.3 Å². The van der Waals surface area contributed by atoms with Crippen LogP contribution in [-0.4, -0.2) is 53.3 Å². The molecule has 5 N–H and O–H groups in total. The van der Waals surface area contributed by atoms with Crippen molar-refractivity contribution in [3.8, 4) is 6.07 Å². The van der Waals surface area contributed by atoms with E-state index in [1.165, 1.54) is 18.9 Å². The number of nitriles is 1. The molecular weight excluding hydrogens is 334 g/mol. The first kappa shape index (κ1) is 19.4. The number of carbonyl (C=O) groups is 2. The van der Waals surface area contributed by atoms with Gasteiger partial charge in [-0.3, -0.25) is 15.0 Å². The van der Waals surface area contributed by atoms with Gasteiger partial charge in [0, 0.05) is 29.4 Å². The normalized spacial score (nSPS) is 23.9. The smallest absolute Gasteiger partial charge is 0.290 e. The molecule has 0 saturated carbocycles. The Balaban J connectivity index is 0.000000758. The summed E-state index contributed by atoms with van der Waals surface area (Å²) >= 11 is 0. The van der Waals surface area contributed by atoms with Crippen LogP contribution < -0.4 is 11.1 Å². The van der Waals surface area contributed by atoms with Crippen LogP contribution in [0.15, 0.2) is 18.2 Å². The van der Waals surface area contributed by atoms with Crippen LogP contribution in [0.2, 0.25) is 0 Å². The molecule has 2 aliphatic heterocycles. The first-order valence-electron chi connectivity index (χ1n) is 8.40. The van der Waals surface area contributed by atoms with Gasteiger partial charge in [-0.05, 0) is 50.9 Å². The maximum Gasteiger partial charge on any atom is 0.290 e. The quantitative estimate of drug-likeness (QED) is 0.360. The molecule has 3 rings (SSSR count). The second kappa shape index (κ2) is 8.45. The summed E-state index contributed by atoms with van der Waals surface area (Å²) in [4.78, 5) is 23.1. The largest absolute Gasteiger partial charge is 0.483 e. The van der Waals surface area contributed by atoms with E-state index in [0.29, 0.717) is 23.2 Å². The molecular formula is C18H23N5O3. The number of nitrogens with zero attached hydrogens (tertiary/aromatic N) is 2. The molecule has 0 spiro atoms. The van der Waals surface area contributed by atoms with Crippen LogP contribution in [0.25, 0.3) is 0 Å². The number of nitrogen functional groups attached to an aromatic ring is 1. The van der Waals surface area contributed by atoms with E-state index >= 15 is 0 Å². The van der Waals surface area contributed by atoms with Gasteiger partial charge < -0.3 is 21.1 Å². The van der Waals surface area contributed by atoms with E-state index < -0.39 is 5.91 Å². The number of fused-ring (bicyclic) bond motifs is 2. The fourth-order valence-electron chi connectivity index (χ4n) is 3.77. The number of piperidine rings is 1. The van der Waals surface area contributed by atoms with Crippen molar-refractivity contribution >= 4 is 23.8 Å². The van der Waals surface area contributed by atoms with Crippen molar-refractivity contribution in [1.82, 2.24) is 10.2 Å². The molecule has 1 aromatic rings. The summed E-state index contributed by atoms with van der Waals surface area (Å²) in [5.74, 6) is -0.393. The number of rotatable bonds is 3. The molecule has 2 fully saturated rings. The number of nitrogens with one attached hydrogen (secondary N) is 2. The summed E-state index contributed by atoms with van der Waals surface area (Å²) in [7, 11) is 2.15. The van der Waals surface area contributed by atoms with Gasteiger partial charge in [-0.2, -0.15) is 5.26 Å². The molecule has 2 atom stereocenters. The minimum absolute atomic E-state index is 0.121. The van der Waals surface area contributed by atoms with Gasteiger partial charge in [-0.1, -0.05) is 0 Å². The van der Waals surface area contributed by atoms with Gasteiger partial charge in [0.1, 0.15) is 5.71 Å². The summed E-state index contributed by atoms with van der Waals surface area (Å²) in [5.41, 5.74) is 6.80. The maximum atomic E-state index is 12.4. The van der Waals surface area contributed by atoms with E-state index in [1.807, 2.05) is 6.07 Å². The van der Waals surface area contributed by atoms with E-state index in [2.05, 4.69) is 17.3 Å². The molecule has 2 saturated heterocycles. The number of carboxylic acid groups (broad SMARTS) is 1. The second-order valence-electron chi connectivity index (χ2n) is 6.59. The van der Waals surface area contributed by atoms with E-state index in [-0.39, 0.29) is 23.9 Å². The number of amides is 1. The van der Waals surface area contributed by atoms with Gasteiger partial charge in [0.15, 0.2) is 0 Å². The highest BCUT2D eigenvalue weighted by Crippen LogP contribution is 2.34. The van der Waals surface area contributed by atoms with E-state index in [9.17, 15) is 4.79 Å². The number of anilines is 1. The van der Waals surface area contributed by atoms with E-state index in [0.717, 1.165) is 12.8 Å². The predicted molar refractivity (Wildman–Crippen MR) is 96.8 cm³/mol. The molecule has 1 amide bonds. The minimum Gasteiger partial charge on any atom is -0.483 e. The summed E-state index contributed by atoms with van der Waals surface area (Å²) in [6.07, 6.45) is 4.25. The summed E-state index contributed by atoms with van der Waals surface area (Å²) in [6, 6.07) is 7.82. The van der Waals surface area contributed by atoms with Crippen LogP contribution in [-0.2, 0) is 9.59 Å². The standard InChI is InChI=1S/C17H21N5O.CH2O2/c1-22-12-3-4-13(22)8-11(7-12)21-17(23)16(20)14-5-2-10(9-18)6-15(14)19;2-1-3/h2,5-6,11-13,20H,3-4,7-8,19H2,1H3,(H,21,23);1H,(H,2,3). The van der Waals surface area contributed by atoms with Gasteiger partial charge in [-0.25, -0.2) is 0 Å². The van der Waals surface area contributed by atoms with Crippen molar-refractivity contribution in [2.75, 3.05) is 12.8 Å². The van der Waals surface area contributed by atoms with Crippen LogP contribution in [0.1, 0.15) is 36.8 Å². The second-order valence-corrected chi connectivity index (χ2v) is 6.59. The molecule has 138 valence electrons. The van der Waals surface area contributed by atoms with Crippen LogP contribution >= 0.6 is 0 Å². The molecule has 0 aliphatic carbocycles. The molecule has 2 bridgehead atoms. The van der Waals surface area contributed by atoms with Crippen LogP contribution in [0.5, 0.6) is 0 Å². The third kappa shape index (κ3) is 4.18. The highest BCUT2D eigenvalue weighted by atomic mass is 16.3. The number of benzene rings is 1. The number of carbonyl (C=O) groups excluding carboxylic acids is 1. The van der Waals surface area contributed by atoms with Gasteiger partial charge in [0.05, 0.1) is 11.6 Å². The predicted octanol–water partition coefficient (Wildman–Crippen LogP) is 0.951. The van der Waals surface area contributed by atoms with E-state index in [1.54, 1.807) is 12.1 Å². The molecule has 0 aromatic heterocycles. The van der Waals surface area contributed by atoms with Crippen LogP contribution in [0, 0.1) is 16.7 Å². The average Bonchev–Trinajstić information content (AvgIpc) is 2.83. The van der Waals surface area contributed by atoms with Gasteiger partial charge >= 0.3 is 0 Å². The zero-order valence-electron chi connectivity index (χ0n) is 14.6. The molecule has 2 heterocycles. The number of hydrogen-bond acceptors (Lipinski definition) is 6. The van der Waals surface area contributed by atoms with Gasteiger partial charge in [0.2, 0.25) is 0 Å². The van der Waals surface area contributed by atoms with Crippen molar-refractivity contribution in [2.45, 2.75) is 43.8 Å². The fraction of sp³-hybridized carbons (Fsp3) is 0.444. The lowest BCUT2D eigenvalue weighted by Crippen LogP contribution is -2.50. The Morgan fingerprint density at radius 2 is 2.00 bits per heavy atom. The fourth-order valence-corrected chi connectivity index (χ4v) is 3.77. The van der Waals surface area contributed by atoms with E-state index in [4.69, 9.17) is 26.3 Å². The highest BCUT2D eigenvalue weighted by molar-refractivity contribution is 6.45. The number of nitrogens with two attached hydrogens (primary N) is 1. The summed E-state index contributed by atoms with van der Waals surface area (Å²) in [5, 5.41) is 26.8. The molecule has 8 nitrogen and oxygen atoms in total. The average molecular weight is 357 g/mol. The Labute approximate surface area is 152 Å². The van der Waals surface area contributed by atoms with Crippen molar-refractivity contribution in [3.63, 3.8) is 0 Å². The maximum absolute atomic E-state index is 12.4. The van der Waals surface area contributed by atoms with Crippen molar-refractivity contribution in [2.24, 2.45) is 0 Å². The third-order valence-electron chi connectivity index (χ3n) is 5.11. The Kier molecular flexibility index (Phi) is 6.31. The van der Waals surface area contributed by atoms with Gasteiger partial charge in [0.25, 0.3) is 12.4 Å². The first-order valence-corrected chi connectivity index (χ1v) is 8.40. The lowest BCUT2D eigenvalue weighted by Gasteiger charge is -2.36. The van der Waals surface area contributed by atoms with Gasteiger partial charge in [-0.15, -0.1) is 0 Å². The monoisotopic (exact) mass is 357 g/mol. The third-order valence-corrected chi connectivity index (χ3v) is 5.11. The Morgan fingerprint density at radius 3 is 2.50 bits per heavy atom. The zero-order chi connectivity index (χ0) is 19.3. The molecule has 26 heavy (non-hydrogen) atoms. The topological polar surface area (TPSA) is 143 Å². The highest BCUT2D eigenvalue weighted by Gasteiger charge is 2.39. The molecule has 8 heteroatoms. The molecule has 0 radical (unpaired) electrons. The van der Waals surface area contributed by atoms with Crippen LogP contribution in [0.4, 0.5) is 5.69 Å². The first-order chi connectivity index (χ1) is 12.4. The lowest BCUT2D eigenvalue weighted by atomic mass is 9.97.